The molecule has 0 radical (unpaired) electrons. The van der Waals surface area contributed by atoms with E-state index < -0.39 is 0 Å². The maximum absolute atomic E-state index is 5.84. The lowest BCUT2D eigenvalue weighted by molar-refractivity contribution is 0.131. The van der Waals surface area contributed by atoms with Gasteiger partial charge in [0, 0.05) is 30.7 Å². The molecule has 1 saturated carbocycles. The highest BCUT2D eigenvalue weighted by Gasteiger charge is 2.21. The average molecular weight is 341 g/mol. The van der Waals surface area contributed by atoms with E-state index in [2.05, 4.69) is 46.1 Å². The van der Waals surface area contributed by atoms with E-state index in [4.69, 9.17) is 10.5 Å². The van der Waals surface area contributed by atoms with Gasteiger partial charge in [0.15, 0.2) is 0 Å². The molecule has 0 aliphatic heterocycles. The first-order chi connectivity index (χ1) is 9.56. The normalized spacial score (nSPS) is 16.2. The molecule has 3 nitrogen and oxygen atoms in total. The zero-order chi connectivity index (χ0) is 14.5. The van der Waals surface area contributed by atoms with Crippen molar-refractivity contribution in [2.24, 2.45) is 11.7 Å². The quantitative estimate of drug-likeness (QED) is 0.738. The molecule has 2 N–H and O–H groups in total. The van der Waals surface area contributed by atoms with Crippen molar-refractivity contribution in [3.63, 3.8) is 0 Å². The summed E-state index contributed by atoms with van der Waals surface area (Å²) < 4.78 is 6.82. The number of hydrogen-bond donors (Lipinski definition) is 1. The fourth-order valence-corrected chi connectivity index (χ4v) is 2.94. The third-order valence-electron chi connectivity index (χ3n) is 3.60. The minimum Gasteiger partial charge on any atom is -0.379 e. The number of hydrogen-bond acceptors (Lipinski definition) is 3. The van der Waals surface area contributed by atoms with Crippen LogP contribution in [-0.4, -0.2) is 32.8 Å². The summed E-state index contributed by atoms with van der Waals surface area (Å²) in [6, 6.07) is 6.68. The standard InChI is InChI=1S/C16H25BrN2O/c1-12(18)9-14-5-6-16(15(17)10-14)19(2)7-8-20-11-13-3-4-13/h5-6,10,12-13H,3-4,7-9,11,18H2,1-2H3. The lowest BCUT2D eigenvalue weighted by Crippen LogP contribution is -2.23. The summed E-state index contributed by atoms with van der Waals surface area (Å²) in [5.41, 5.74) is 8.32. The Hall–Kier alpha value is -0.580. The van der Waals surface area contributed by atoms with Crippen LogP contribution in [0.3, 0.4) is 0 Å². The minimum atomic E-state index is 0.196. The summed E-state index contributed by atoms with van der Waals surface area (Å²) in [4.78, 5) is 2.23. The number of likely N-dealkylation sites (N-methyl/N-ethyl adjacent to an activating group) is 1. The third-order valence-corrected chi connectivity index (χ3v) is 4.24. The Kier molecular flexibility index (Phi) is 5.87. The molecule has 1 aliphatic rings. The van der Waals surface area contributed by atoms with Gasteiger partial charge < -0.3 is 15.4 Å². The van der Waals surface area contributed by atoms with Gasteiger partial charge in [-0.2, -0.15) is 0 Å². The molecular formula is C16H25BrN2O. The van der Waals surface area contributed by atoms with Crippen LogP contribution in [-0.2, 0) is 11.2 Å². The van der Waals surface area contributed by atoms with Crippen LogP contribution in [0, 0.1) is 5.92 Å². The zero-order valence-corrected chi connectivity index (χ0v) is 14.0. The van der Waals surface area contributed by atoms with E-state index in [1.807, 2.05) is 6.92 Å². The first kappa shape index (κ1) is 15.8. The van der Waals surface area contributed by atoms with Crippen molar-refractivity contribution in [3.05, 3.63) is 28.2 Å². The Morgan fingerprint density at radius 3 is 2.80 bits per heavy atom. The number of rotatable bonds is 8. The Balaban J connectivity index is 1.82. The summed E-state index contributed by atoms with van der Waals surface area (Å²) in [7, 11) is 2.10. The summed E-state index contributed by atoms with van der Waals surface area (Å²) in [6.07, 6.45) is 3.61. The van der Waals surface area contributed by atoms with Gasteiger partial charge in [0.05, 0.1) is 12.3 Å². The predicted molar refractivity (Wildman–Crippen MR) is 88.3 cm³/mol. The topological polar surface area (TPSA) is 38.5 Å². The fourth-order valence-electron chi connectivity index (χ4n) is 2.22. The van der Waals surface area contributed by atoms with E-state index in [0.717, 1.165) is 36.6 Å². The smallest absolute Gasteiger partial charge is 0.0641 e. The van der Waals surface area contributed by atoms with Gasteiger partial charge in [-0.3, -0.25) is 0 Å². The molecule has 1 fully saturated rings. The highest BCUT2D eigenvalue weighted by atomic mass is 79.9. The molecular weight excluding hydrogens is 316 g/mol. The Morgan fingerprint density at radius 2 is 2.20 bits per heavy atom. The van der Waals surface area contributed by atoms with E-state index in [1.165, 1.54) is 24.1 Å². The molecule has 1 atom stereocenters. The molecule has 1 unspecified atom stereocenters. The SMILES string of the molecule is CC(N)Cc1ccc(N(C)CCOCC2CC2)c(Br)c1. The average Bonchev–Trinajstić information content (AvgIpc) is 3.17. The largest absolute Gasteiger partial charge is 0.379 e. The second-order valence-corrected chi connectivity index (χ2v) is 6.76. The van der Waals surface area contributed by atoms with Crippen molar-refractivity contribution in [2.75, 3.05) is 31.7 Å². The number of halogens is 1. The second kappa shape index (κ2) is 7.43. The summed E-state index contributed by atoms with van der Waals surface area (Å²) in [5.74, 6) is 0.838. The molecule has 2 rings (SSSR count). The van der Waals surface area contributed by atoms with Crippen LogP contribution in [0.2, 0.25) is 0 Å². The van der Waals surface area contributed by atoms with Crippen molar-refractivity contribution >= 4 is 21.6 Å². The van der Waals surface area contributed by atoms with Gasteiger partial charge in [-0.15, -0.1) is 0 Å². The molecule has 0 aromatic heterocycles. The van der Waals surface area contributed by atoms with Crippen LogP contribution in [0.1, 0.15) is 25.3 Å². The number of nitrogens with two attached hydrogens (primary N) is 1. The van der Waals surface area contributed by atoms with E-state index in [0.29, 0.717) is 0 Å². The highest BCUT2D eigenvalue weighted by Crippen LogP contribution is 2.29. The van der Waals surface area contributed by atoms with Crippen LogP contribution in [0.4, 0.5) is 5.69 Å². The molecule has 4 heteroatoms. The number of anilines is 1. The molecule has 0 amide bonds. The molecule has 0 spiro atoms. The van der Waals surface area contributed by atoms with Crippen LogP contribution in [0.5, 0.6) is 0 Å². The number of ether oxygens (including phenoxy) is 1. The maximum Gasteiger partial charge on any atom is 0.0641 e. The van der Waals surface area contributed by atoms with Gasteiger partial charge in [-0.1, -0.05) is 6.07 Å². The van der Waals surface area contributed by atoms with Crippen LogP contribution in [0.15, 0.2) is 22.7 Å². The summed E-state index contributed by atoms with van der Waals surface area (Å²) in [6.45, 7) is 4.67. The Bertz CT molecular complexity index is 432. The first-order valence-electron chi connectivity index (χ1n) is 7.39. The maximum atomic E-state index is 5.84. The molecule has 0 saturated heterocycles. The van der Waals surface area contributed by atoms with Gasteiger partial charge >= 0.3 is 0 Å². The van der Waals surface area contributed by atoms with Crippen LogP contribution in [0.25, 0.3) is 0 Å². The van der Waals surface area contributed by atoms with Crippen molar-refractivity contribution in [1.82, 2.24) is 0 Å². The van der Waals surface area contributed by atoms with Crippen molar-refractivity contribution < 1.29 is 4.74 Å². The third kappa shape index (κ3) is 5.08. The van der Waals surface area contributed by atoms with E-state index in [9.17, 15) is 0 Å². The van der Waals surface area contributed by atoms with E-state index in [-0.39, 0.29) is 6.04 Å². The molecule has 0 heterocycles. The monoisotopic (exact) mass is 340 g/mol. The van der Waals surface area contributed by atoms with Crippen molar-refractivity contribution in [3.8, 4) is 0 Å². The second-order valence-electron chi connectivity index (χ2n) is 5.91. The zero-order valence-electron chi connectivity index (χ0n) is 12.4. The molecule has 1 aromatic carbocycles. The van der Waals surface area contributed by atoms with Crippen LogP contribution >= 0.6 is 15.9 Å². The van der Waals surface area contributed by atoms with Crippen molar-refractivity contribution in [1.29, 1.82) is 0 Å². The first-order valence-corrected chi connectivity index (χ1v) is 8.18. The molecule has 1 aliphatic carbocycles. The minimum absolute atomic E-state index is 0.196. The van der Waals surface area contributed by atoms with Gasteiger partial charge in [-0.25, -0.2) is 0 Å². The lowest BCUT2D eigenvalue weighted by Gasteiger charge is -2.21. The van der Waals surface area contributed by atoms with Gasteiger partial charge in [0.2, 0.25) is 0 Å². The van der Waals surface area contributed by atoms with Gasteiger partial charge in [-0.05, 0) is 65.7 Å². The van der Waals surface area contributed by atoms with E-state index >= 15 is 0 Å². The van der Waals surface area contributed by atoms with Crippen molar-refractivity contribution in [2.45, 2.75) is 32.2 Å². The molecule has 1 aromatic rings. The van der Waals surface area contributed by atoms with E-state index in [1.54, 1.807) is 0 Å². The van der Waals surface area contributed by atoms with Crippen LogP contribution < -0.4 is 10.6 Å². The van der Waals surface area contributed by atoms with Gasteiger partial charge in [0.25, 0.3) is 0 Å². The molecule has 0 bridgehead atoms. The lowest BCUT2D eigenvalue weighted by atomic mass is 10.1. The predicted octanol–water partition coefficient (Wildman–Crippen LogP) is 3.20. The Morgan fingerprint density at radius 1 is 1.45 bits per heavy atom. The molecule has 20 heavy (non-hydrogen) atoms. The molecule has 112 valence electrons. The summed E-state index contributed by atoms with van der Waals surface area (Å²) in [5, 5.41) is 0. The fraction of sp³-hybridized carbons (Fsp3) is 0.625. The number of nitrogens with zero attached hydrogens (tertiary/aromatic N) is 1. The highest BCUT2D eigenvalue weighted by molar-refractivity contribution is 9.10. The summed E-state index contributed by atoms with van der Waals surface area (Å²) >= 11 is 3.66. The van der Waals surface area contributed by atoms with Gasteiger partial charge in [0.1, 0.15) is 0 Å². The Labute approximate surface area is 130 Å². The number of benzene rings is 1.